The van der Waals surface area contributed by atoms with E-state index in [0.717, 1.165) is 0 Å². The van der Waals surface area contributed by atoms with Gasteiger partial charge in [-0.05, 0) is 40.7 Å². The van der Waals surface area contributed by atoms with E-state index < -0.39 is 16.9 Å². The van der Waals surface area contributed by atoms with Crippen LogP contribution in [0.15, 0.2) is 12.2 Å². The molecule has 1 saturated heterocycles. The van der Waals surface area contributed by atoms with Crippen molar-refractivity contribution >= 4 is 11.9 Å². The number of esters is 2. The zero-order valence-electron chi connectivity index (χ0n) is 11.1. The predicted octanol–water partition coefficient (Wildman–Crippen LogP) is 2.08. The predicted molar refractivity (Wildman–Crippen MR) is 63.2 cm³/mol. The zero-order chi connectivity index (χ0) is 13.3. The third-order valence-corrected chi connectivity index (χ3v) is 3.15. The van der Waals surface area contributed by atoms with Gasteiger partial charge < -0.3 is 9.47 Å². The Hall–Kier alpha value is -1.32. The average molecular weight is 240 g/mol. The lowest BCUT2D eigenvalue weighted by Gasteiger charge is -2.28. The summed E-state index contributed by atoms with van der Waals surface area (Å²) in [4.78, 5) is 23.9. The Labute approximate surface area is 102 Å². The highest BCUT2D eigenvalue weighted by Crippen LogP contribution is 2.47. The van der Waals surface area contributed by atoms with Crippen molar-refractivity contribution in [2.45, 2.75) is 40.2 Å². The molecule has 17 heavy (non-hydrogen) atoms. The molecule has 0 spiro atoms. The first-order chi connectivity index (χ1) is 7.79. The number of allylic oxidation sites excluding steroid dienone is 1. The number of ether oxygens (including phenoxy) is 2. The van der Waals surface area contributed by atoms with E-state index in [4.69, 9.17) is 9.47 Å². The van der Waals surface area contributed by atoms with Crippen molar-refractivity contribution in [2.75, 3.05) is 6.61 Å². The second-order valence-corrected chi connectivity index (χ2v) is 4.98. The van der Waals surface area contributed by atoms with Crippen LogP contribution in [0.3, 0.4) is 0 Å². The number of hydrogen-bond acceptors (Lipinski definition) is 4. The second-order valence-electron chi connectivity index (χ2n) is 4.98. The summed E-state index contributed by atoms with van der Waals surface area (Å²) in [5.41, 5.74) is -1.78. The van der Waals surface area contributed by atoms with Crippen molar-refractivity contribution in [1.82, 2.24) is 0 Å². The van der Waals surface area contributed by atoms with Crippen LogP contribution in [-0.4, -0.2) is 24.1 Å². The third kappa shape index (κ3) is 2.21. The molecule has 1 aliphatic rings. The Balaban J connectivity index is 3.16. The highest BCUT2D eigenvalue weighted by Gasteiger charge is 2.60. The fourth-order valence-electron chi connectivity index (χ4n) is 2.44. The molecule has 0 N–H and O–H groups in total. The van der Waals surface area contributed by atoms with Crippen molar-refractivity contribution in [1.29, 1.82) is 0 Å². The molecular formula is C13H20O4. The highest BCUT2D eigenvalue weighted by molar-refractivity contribution is 5.89. The van der Waals surface area contributed by atoms with Crippen molar-refractivity contribution in [3.63, 3.8) is 0 Å². The molecule has 1 aliphatic heterocycles. The molecule has 96 valence electrons. The molecule has 0 radical (unpaired) electrons. The topological polar surface area (TPSA) is 52.6 Å². The number of cyclic esters (lactones) is 1. The number of hydrogen-bond donors (Lipinski definition) is 0. The standard InChI is InChI=1S/C13H20O4/c1-6-8-13(5)9(10(14)16-7-2)12(3,4)11(15)17-13/h6,8-9H,7H2,1-5H3/b8-6+/t9-,13+/m0/s1. The van der Waals surface area contributed by atoms with Crippen molar-refractivity contribution in [3.05, 3.63) is 12.2 Å². The van der Waals surface area contributed by atoms with E-state index in [2.05, 4.69) is 0 Å². The molecule has 2 atom stereocenters. The minimum absolute atomic E-state index is 0.297. The maximum atomic E-state index is 12.0. The van der Waals surface area contributed by atoms with Crippen LogP contribution in [0.25, 0.3) is 0 Å². The maximum Gasteiger partial charge on any atom is 0.314 e. The van der Waals surface area contributed by atoms with Crippen LogP contribution in [0.1, 0.15) is 34.6 Å². The zero-order valence-corrected chi connectivity index (χ0v) is 11.1. The lowest BCUT2D eigenvalue weighted by Crippen LogP contribution is -2.42. The number of rotatable bonds is 3. The van der Waals surface area contributed by atoms with Gasteiger partial charge >= 0.3 is 11.9 Å². The van der Waals surface area contributed by atoms with Crippen LogP contribution in [0.5, 0.6) is 0 Å². The minimum Gasteiger partial charge on any atom is -0.466 e. The van der Waals surface area contributed by atoms with E-state index in [1.807, 2.05) is 6.92 Å². The summed E-state index contributed by atoms with van der Waals surface area (Å²) in [6.07, 6.45) is 3.52. The Morgan fingerprint density at radius 1 is 1.47 bits per heavy atom. The first-order valence-corrected chi connectivity index (χ1v) is 5.83. The molecule has 0 bridgehead atoms. The largest absolute Gasteiger partial charge is 0.466 e. The minimum atomic E-state index is -0.915. The quantitative estimate of drug-likeness (QED) is 0.560. The molecule has 1 heterocycles. The van der Waals surface area contributed by atoms with Gasteiger partial charge in [0, 0.05) is 0 Å². The summed E-state index contributed by atoms with van der Waals surface area (Å²) in [7, 11) is 0. The van der Waals surface area contributed by atoms with Gasteiger partial charge in [0.1, 0.15) is 11.5 Å². The van der Waals surface area contributed by atoms with E-state index >= 15 is 0 Å². The van der Waals surface area contributed by atoms with Crippen LogP contribution in [0.2, 0.25) is 0 Å². The summed E-state index contributed by atoms with van der Waals surface area (Å²) in [6.45, 7) is 9.03. The SMILES string of the molecule is C/C=C/[C@@]1(C)OC(=O)C(C)(C)[C@@H]1C(=O)OCC. The van der Waals surface area contributed by atoms with Crippen LogP contribution < -0.4 is 0 Å². The fourth-order valence-corrected chi connectivity index (χ4v) is 2.44. The lowest BCUT2D eigenvalue weighted by molar-refractivity contribution is -0.154. The van der Waals surface area contributed by atoms with Crippen molar-refractivity contribution in [3.8, 4) is 0 Å². The van der Waals surface area contributed by atoms with Gasteiger partial charge in [-0.3, -0.25) is 9.59 Å². The summed E-state index contributed by atoms with van der Waals surface area (Å²) in [5, 5.41) is 0. The van der Waals surface area contributed by atoms with E-state index in [-0.39, 0.29) is 11.9 Å². The molecule has 4 nitrogen and oxygen atoms in total. The second kappa shape index (κ2) is 4.51. The fraction of sp³-hybridized carbons (Fsp3) is 0.692. The van der Waals surface area contributed by atoms with Gasteiger partial charge in [-0.25, -0.2) is 0 Å². The molecule has 1 rings (SSSR count). The molecule has 0 amide bonds. The van der Waals surface area contributed by atoms with Gasteiger partial charge in [0.15, 0.2) is 0 Å². The molecule has 1 fully saturated rings. The van der Waals surface area contributed by atoms with Crippen LogP contribution >= 0.6 is 0 Å². The Kier molecular flexibility index (Phi) is 3.65. The summed E-state index contributed by atoms with van der Waals surface area (Å²) < 4.78 is 10.4. The smallest absolute Gasteiger partial charge is 0.314 e. The van der Waals surface area contributed by atoms with E-state index in [1.165, 1.54) is 0 Å². The normalized spacial score (nSPS) is 31.6. The van der Waals surface area contributed by atoms with Crippen molar-refractivity contribution in [2.24, 2.45) is 11.3 Å². The van der Waals surface area contributed by atoms with Crippen LogP contribution in [0, 0.1) is 11.3 Å². The summed E-state index contributed by atoms with van der Waals surface area (Å²) in [6, 6.07) is 0. The van der Waals surface area contributed by atoms with E-state index in [1.54, 1.807) is 39.8 Å². The van der Waals surface area contributed by atoms with Crippen LogP contribution in [-0.2, 0) is 19.1 Å². The van der Waals surface area contributed by atoms with E-state index in [0.29, 0.717) is 6.61 Å². The molecule has 0 aromatic carbocycles. The van der Waals surface area contributed by atoms with Crippen LogP contribution in [0.4, 0.5) is 0 Å². The number of carbonyl (C=O) groups is 2. The average Bonchev–Trinajstić information content (AvgIpc) is 2.33. The van der Waals surface area contributed by atoms with Gasteiger partial charge in [0.05, 0.1) is 12.0 Å². The van der Waals surface area contributed by atoms with Gasteiger partial charge in [-0.1, -0.05) is 6.08 Å². The molecule has 0 aliphatic carbocycles. The number of carbonyl (C=O) groups excluding carboxylic acids is 2. The third-order valence-electron chi connectivity index (χ3n) is 3.15. The lowest BCUT2D eigenvalue weighted by atomic mass is 9.73. The molecular weight excluding hydrogens is 220 g/mol. The Morgan fingerprint density at radius 3 is 2.53 bits per heavy atom. The molecule has 0 aromatic heterocycles. The van der Waals surface area contributed by atoms with Gasteiger partial charge in [0.2, 0.25) is 0 Å². The van der Waals surface area contributed by atoms with Crippen molar-refractivity contribution < 1.29 is 19.1 Å². The molecule has 4 heteroatoms. The first kappa shape index (κ1) is 13.7. The maximum absolute atomic E-state index is 12.0. The molecule has 0 unspecified atom stereocenters. The molecule has 0 saturated carbocycles. The monoisotopic (exact) mass is 240 g/mol. The highest BCUT2D eigenvalue weighted by atomic mass is 16.6. The van der Waals surface area contributed by atoms with Gasteiger partial charge in [-0.2, -0.15) is 0 Å². The first-order valence-electron chi connectivity index (χ1n) is 5.83. The Bertz CT molecular complexity index is 356. The van der Waals surface area contributed by atoms with Gasteiger partial charge in [0.25, 0.3) is 0 Å². The van der Waals surface area contributed by atoms with Gasteiger partial charge in [-0.15, -0.1) is 0 Å². The van der Waals surface area contributed by atoms with E-state index in [9.17, 15) is 9.59 Å². The summed E-state index contributed by atoms with van der Waals surface area (Å²) >= 11 is 0. The molecule has 0 aromatic rings. The summed E-state index contributed by atoms with van der Waals surface area (Å²) in [5.74, 6) is -1.36. The Morgan fingerprint density at radius 2 is 2.06 bits per heavy atom.